The molecule has 102 valence electrons. The molecule has 7 heteroatoms. The number of nitro groups is 1. The third-order valence-corrected chi connectivity index (χ3v) is 2.38. The molecule has 0 atom stereocenters. The summed E-state index contributed by atoms with van der Waals surface area (Å²) in [6.45, 7) is -0.181. The SMILES string of the molecule is O=[N+]([O-])c1c(O)cccc1OCN=Nc1ccccc1. The summed E-state index contributed by atoms with van der Waals surface area (Å²) in [5.41, 5.74) is 0.170. The van der Waals surface area contributed by atoms with Gasteiger partial charge in [0.2, 0.25) is 5.75 Å². The quantitative estimate of drug-likeness (QED) is 0.512. The molecule has 0 fully saturated rings. The summed E-state index contributed by atoms with van der Waals surface area (Å²) >= 11 is 0. The van der Waals surface area contributed by atoms with Crippen LogP contribution in [0.5, 0.6) is 11.5 Å². The van der Waals surface area contributed by atoms with E-state index in [9.17, 15) is 15.2 Å². The van der Waals surface area contributed by atoms with Gasteiger partial charge in [0.25, 0.3) is 0 Å². The van der Waals surface area contributed by atoms with E-state index in [1.807, 2.05) is 18.2 Å². The molecule has 0 spiro atoms. The molecule has 2 aromatic carbocycles. The van der Waals surface area contributed by atoms with Crippen LogP contribution in [0.4, 0.5) is 11.4 Å². The molecule has 0 radical (unpaired) electrons. The molecule has 0 heterocycles. The summed E-state index contributed by atoms with van der Waals surface area (Å²) in [7, 11) is 0. The van der Waals surface area contributed by atoms with Gasteiger partial charge < -0.3 is 9.84 Å². The highest BCUT2D eigenvalue weighted by molar-refractivity contribution is 5.56. The molecule has 0 aliphatic carbocycles. The maximum absolute atomic E-state index is 10.8. The number of azo groups is 1. The van der Waals surface area contributed by atoms with Gasteiger partial charge in [-0.2, -0.15) is 5.11 Å². The molecule has 0 saturated carbocycles. The zero-order chi connectivity index (χ0) is 14.4. The first-order valence-corrected chi connectivity index (χ1v) is 5.70. The van der Waals surface area contributed by atoms with Gasteiger partial charge in [-0.05, 0) is 24.3 Å². The molecule has 2 rings (SSSR count). The first kappa shape index (κ1) is 13.5. The Morgan fingerprint density at radius 1 is 1.15 bits per heavy atom. The Morgan fingerprint density at radius 2 is 1.90 bits per heavy atom. The van der Waals surface area contributed by atoms with Crippen LogP contribution in [0.1, 0.15) is 0 Å². The second kappa shape index (κ2) is 6.28. The molecule has 2 aromatic rings. The van der Waals surface area contributed by atoms with Crippen molar-refractivity contribution in [3.63, 3.8) is 0 Å². The molecule has 0 unspecified atom stereocenters. The molecule has 0 aromatic heterocycles. The fraction of sp³-hybridized carbons (Fsp3) is 0.0769. The average Bonchev–Trinajstić information content (AvgIpc) is 2.44. The number of hydrogen-bond acceptors (Lipinski definition) is 6. The van der Waals surface area contributed by atoms with Crippen molar-refractivity contribution in [1.82, 2.24) is 0 Å². The second-order valence-electron chi connectivity index (χ2n) is 3.73. The zero-order valence-electron chi connectivity index (χ0n) is 10.3. The second-order valence-corrected chi connectivity index (χ2v) is 3.73. The number of para-hydroxylation sites is 1. The van der Waals surface area contributed by atoms with Crippen molar-refractivity contribution in [2.24, 2.45) is 10.2 Å². The smallest absolute Gasteiger partial charge is 0.352 e. The minimum absolute atomic E-state index is 0.0537. The van der Waals surface area contributed by atoms with E-state index in [4.69, 9.17) is 4.74 Å². The minimum atomic E-state index is -0.709. The van der Waals surface area contributed by atoms with Crippen LogP contribution < -0.4 is 4.74 Å². The van der Waals surface area contributed by atoms with E-state index in [2.05, 4.69) is 10.2 Å². The summed E-state index contributed by atoms with van der Waals surface area (Å²) in [5.74, 6) is -0.505. The molecule has 1 N–H and O–H groups in total. The normalized spacial score (nSPS) is 10.6. The first-order valence-electron chi connectivity index (χ1n) is 5.70. The van der Waals surface area contributed by atoms with Crippen LogP contribution in [0.3, 0.4) is 0 Å². The van der Waals surface area contributed by atoms with Crippen molar-refractivity contribution in [3.8, 4) is 11.5 Å². The summed E-state index contributed by atoms with van der Waals surface area (Å²) in [5, 5.41) is 27.9. The lowest BCUT2D eigenvalue weighted by atomic mass is 10.3. The number of nitrogens with zero attached hydrogens (tertiary/aromatic N) is 3. The van der Waals surface area contributed by atoms with Gasteiger partial charge in [0.15, 0.2) is 12.5 Å². The highest BCUT2D eigenvalue weighted by Crippen LogP contribution is 2.35. The molecule has 0 saturated heterocycles. The van der Waals surface area contributed by atoms with Crippen LogP contribution in [0.15, 0.2) is 58.8 Å². The lowest BCUT2D eigenvalue weighted by Crippen LogP contribution is -1.98. The van der Waals surface area contributed by atoms with Gasteiger partial charge in [0.05, 0.1) is 10.6 Å². The Bertz CT molecular complexity index is 629. The number of ether oxygens (including phenoxy) is 1. The number of nitro benzene ring substituents is 1. The topological polar surface area (TPSA) is 97.3 Å². The number of rotatable bonds is 5. The third-order valence-electron chi connectivity index (χ3n) is 2.38. The van der Waals surface area contributed by atoms with Crippen LogP contribution in [0.25, 0.3) is 0 Å². The van der Waals surface area contributed by atoms with Crippen LogP contribution in [-0.4, -0.2) is 16.8 Å². The van der Waals surface area contributed by atoms with Gasteiger partial charge in [-0.25, -0.2) is 0 Å². The van der Waals surface area contributed by atoms with Crippen molar-refractivity contribution in [2.45, 2.75) is 0 Å². The number of aromatic hydroxyl groups is 1. The first-order chi connectivity index (χ1) is 9.68. The maximum Gasteiger partial charge on any atom is 0.352 e. The highest BCUT2D eigenvalue weighted by atomic mass is 16.6. The molecule has 0 aliphatic rings. The van der Waals surface area contributed by atoms with Crippen LogP contribution in [0, 0.1) is 10.1 Å². The Morgan fingerprint density at radius 3 is 2.60 bits per heavy atom. The fourth-order valence-corrected chi connectivity index (χ4v) is 1.51. The monoisotopic (exact) mass is 273 g/mol. The predicted octanol–water partition coefficient (Wildman–Crippen LogP) is 3.42. The van der Waals surface area contributed by atoms with Gasteiger partial charge in [-0.15, -0.1) is 5.11 Å². The van der Waals surface area contributed by atoms with E-state index in [0.717, 1.165) is 0 Å². The highest BCUT2D eigenvalue weighted by Gasteiger charge is 2.20. The summed E-state index contributed by atoms with van der Waals surface area (Å²) < 4.78 is 5.14. The van der Waals surface area contributed by atoms with E-state index in [1.165, 1.54) is 18.2 Å². The zero-order valence-corrected chi connectivity index (χ0v) is 10.3. The number of phenols is 1. The predicted molar refractivity (Wildman–Crippen MR) is 71.2 cm³/mol. The largest absolute Gasteiger partial charge is 0.502 e. The number of phenolic OH excluding ortho intramolecular Hbond substituents is 1. The van der Waals surface area contributed by atoms with Gasteiger partial charge in [0.1, 0.15) is 0 Å². The van der Waals surface area contributed by atoms with Crippen molar-refractivity contribution >= 4 is 11.4 Å². The van der Waals surface area contributed by atoms with Gasteiger partial charge in [-0.1, -0.05) is 24.3 Å². The minimum Gasteiger partial charge on any atom is -0.502 e. The number of benzene rings is 2. The third kappa shape index (κ3) is 3.29. The van der Waals surface area contributed by atoms with Crippen LogP contribution in [0.2, 0.25) is 0 Å². The van der Waals surface area contributed by atoms with Crippen molar-refractivity contribution in [3.05, 3.63) is 58.6 Å². The Kier molecular flexibility index (Phi) is 4.23. The van der Waals surface area contributed by atoms with Crippen molar-refractivity contribution in [2.75, 3.05) is 6.73 Å². The van der Waals surface area contributed by atoms with Crippen molar-refractivity contribution < 1.29 is 14.8 Å². The summed E-state index contributed by atoms with van der Waals surface area (Å²) in [6, 6.07) is 13.1. The van der Waals surface area contributed by atoms with E-state index >= 15 is 0 Å². The molecule has 0 amide bonds. The summed E-state index contributed by atoms with van der Waals surface area (Å²) in [4.78, 5) is 10.1. The lowest BCUT2D eigenvalue weighted by Gasteiger charge is -2.04. The lowest BCUT2D eigenvalue weighted by molar-refractivity contribution is -0.386. The van der Waals surface area contributed by atoms with Gasteiger partial charge in [-0.3, -0.25) is 10.1 Å². The fourth-order valence-electron chi connectivity index (χ4n) is 1.51. The van der Waals surface area contributed by atoms with E-state index in [-0.39, 0.29) is 12.5 Å². The Hall–Kier alpha value is -2.96. The molecule has 20 heavy (non-hydrogen) atoms. The van der Waals surface area contributed by atoms with E-state index in [0.29, 0.717) is 5.69 Å². The van der Waals surface area contributed by atoms with Crippen LogP contribution in [-0.2, 0) is 0 Å². The van der Waals surface area contributed by atoms with Gasteiger partial charge >= 0.3 is 5.69 Å². The molecule has 7 nitrogen and oxygen atoms in total. The van der Waals surface area contributed by atoms with E-state index in [1.54, 1.807) is 12.1 Å². The van der Waals surface area contributed by atoms with Crippen molar-refractivity contribution in [1.29, 1.82) is 0 Å². The molecule has 0 bridgehead atoms. The van der Waals surface area contributed by atoms with Gasteiger partial charge in [0, 0.05) is 0 Å². The van der Waals surface area contributed by atoms with E-state index < -0.39 is 16.4 Å². The summed E-state index contributed by atoms with van der Waals surface area (Å²) in [6.07, 6.45) is 0. The maximum atomic E-state index is 10.8. The Labute approximate surface area is 114 Å². The van der Waals surface area contributed by atoms with Crippen LogP contribution >= 0.6 is 0 Å². The Balaban J connectivity index is 2.03. The average molecular weight is 273 g/mol. The standard InChI is InChI=1S/C13H11N3O4/c17-11-7-4-8-12(13(11)16(18)19)20-9-14-15-10-5-2-1-3-6-10/h1-8,17H,9H2. The molecular formula is C13H11N3O4. The molecule has 0 aliphatic heterocycles. The number of hydrogen-bond donors (Lipinski definition) is 1. The molecular weight excluding hydrogens is 262 g/mol.